The average Bonchev–Trinajstić information content (AvgIpc) is 3.23. The standard InChI is InChI=1S/C13H9.C5H5.C4H10.Ti/c1-3-7-12-10(5-1)9-11-6-2-4-8-13(11)12;1-2-4-5-3-1;1-3-4-2;/h1-5,7-8H,9H2;1-3H,4H2;3-4H2,1-2H3;. The molecule has 0 nitrogen and oxygen atoms in total. The van der Waals surface area contributed by atoms with Gasteiger partial charge >= 0.3 is 123 Å². The molecule has 0 aliphatic heterocycles. The average molecular weight is 336 g/mol. The number of hydrogen-bond donors (Lipinski definition) is 0. The summed E-state index contributed by atoms with van der Waals surface area (Å²) in [4.78, 5) is 0. The van der Waals surface area contributed by atoms with Gasteiger partial charge in [0.2, 0.25) is 0 Å². The molecule has 2 aliphatic carbocycles. The Kier molecular flexibility index (Phi) is 5.70. The SMILES string of the molecule is C1=CC[C]([Ti][c]2cccc3c2Cc2ccccc2-3)=C1.CCCC. The zero-order chi connectivity index (χ0) is 16.1. The van der Waals surface area contributed by atoms with E-state index in [-0.39, 0.29) is 19.2 Å². The Morgan fingerprint density at radius 2 is 1.70 bits per heavy atom. The van der Waals surface area contributed by atoms with Crippen molar-refractivity contribution >= 4 is 3.87 Å². The Hall–Kier alpha value is -1.37. The van der Waals surface area contributed by atoms with Crippen molar-refractivity contribution in [1.82, 2.24) is 0 Å². The van der Waals surface area contributed by atoms with Gasteiger partial charge in [-0.15, -0.1) is 0 Å². The maximum absolute atomic E-state index is 2.35. The Bertz CT molecular complexity index is 735. The summed E-state index contributed by atoms with van der Waals surface area (Å²) in [5.74, 6) is 0. The van der Waals surface area contributed by atoms with Crippen LogP contribution in [0.2, 0.25) is 0 Å². The van der Waals surface area contributed by atoms with Gasteiger partial charge in [-0.25, -0.2) is 0 Å². The van der Waals surface area contributed by atoms with Crippen molar-refractivity contribution in [2.75, 3.05) is 0 Å². The van der Waals surface area contributed by atoms with Crippen molar-refractivity contribution in [3.8, 4) is 11.1 Å². The van der Waals surface area contributed by atoms with E-state index in [1.54, 1.807) is 13.3 Å². The molecule has 0 N–H and O–H groups in total. The Morgan fingerprint density at radius 1 is 0.913 bits per heavy atom. The van der Waals surface area contributed by atoms with Gasteiger partial charge in [0.15, 0.2) is 0 Å². The summed E-state index contributed by atoms with van der Waals surface area (Å²) in [6.07, 6.45) is 11.7. The fourth-order valence-electron chi connectivity index (χ4n) is 2.99. The van der Waals surface area contributed by atoms with Crippen LogP contribution in [0.1, 0.15) is 44.2 Å². The largest absolute Gasteiger partial charge is 0.0654 e. The second-order valence-electron chi connectivity index (χ2n) is 6.11. The molecule has 0 amide bonds. The number of unbranched alkanes of at least 4 members (excludes halogenated alkanes) is 1. The molecule has 2 aromatic rings. The van der Waals surface area contributed by atoms with Gasteiger partial charge in [0, 0.05) is 0 Å². The number of rotatable bonds is 3. The molecule has 23 heavy (non-hydrogen) atoms. The number of hydrogen-bond acceptors (Lipinski definition) is 0. The van der Waals surface area contributed by atoms with Crippen LogP contribution in [0.5, 0.6) is 0 Å². The van der Waals surface area contributed by atoms with Crippen LogP contribution in [0.3, 0.4) is 0 Å². The van der Waals surface area contributed by atoms with E-state index in [0.717, 1.165) is 6.42 Å². The van der Waals surface area contributed by atoms with E-state index in [1.165, 1.54) is 36.0 Å². The van der Waals surface area contributed by atoms with Crippen LogP contribution in [-0.4, -0.2) is 0 Å². The molecular weight excluding hydrogens is 312 g/mol. The molecule has 1 heteroatoms. The minimum absolute atomic E-state index is 0.135. The van der Waals surface area contributed by atoms with Crippen molar-refractivity contribution in [2.45, 2.75) is 39.5 Å². The summed E-state index contributed by atoms with van der Waals surface area (Å²) >= 11 is -0.135. The normalized spacial score (nSPS) is 13.7. The van der Waals surface area contributed by atoms with Crippen molar-refractivity contribution in [2.24, 2.45) is 0 Å². The summed E-state index contributed by atoms with van der Waals surface area (Å²) in [7, 11) is 0. The van der Waals surface area contributed by atoms with Crippen molar-refractivity contribution in [1.29, 1.82) is 0 Å². The Balaban J connectivity index is 0.000000354. The first kappa shape index (κ1) is 16.5. The predicted molar refractivity (Wildman–Crippen MR) is 96.7 cm³/mol. The third-order valence-electron chi connectivity index (χ3n) is 4.42. The van der Waals surface area contributed by atoms with E-state index in [9.17, 15) is 0 Å². The molecule has 0 bridgehead atoms. The summed E-state index contributed by atoms with van der Waals surface area (Å²) in [5, 5.41) is 0. The molecule has 0 atom stereocenters. The smallest absolute Gasteiger partial charge is 0.0564 e. The zero-order valence-corrected chi connectivity index (χ0v) is 15.7. The first-order valence-electron chi connectivity index (χ1n) is 8.66. The van der Waals surface area contributed by atoms with Gasteiger partial charge in [0.25, 0.3) is 0 Å². The van der Waals surface area contributed by atoms with Crippen molar-refractivity contribution < 1.29 is 19.2 Å². The molecule has 0 unspecified atom stereocenters. The molecule has 0 spiro atoms. The van der Waals surface area contributed by atoms with Gasteiger partial charge in [-0.2, -0.15) is 0 Å². The zero-order valence-electron chi connectivity index (χ0n) is 14.1. The molecular formula is C22H24Ti. The fourth-order valence-corrected chi connectivity index (χ4v) is 5.02. The van der Waals surface area contributed by atoms with Crippen LogP contribution in [0.4, 0.5) is 0 Å². The van der Waals surface area contributed by atoms with Crippen LogP contribution in [0, 0.1) is 0 Å². The maximum atomic E-state index is 2.35. The molecule has 0 aromatic heterocycles. The van der Waals surface area contributed by atoms with Gasteiger partial charge < -0.3 is 0 Å². The number of allylic oxidation sites excluding steroid dienone is 4. The Labute approximate surface area is 149 Å². The third kappa shape index (κ3) is 3.76. The molecule has 116 valence electrons. The van der Waals surface area contributed by atoms with Crippen molar-refractivity contribution in [3.63, 3.8) is 0 Å². The van der Waals surface area contributed by atoms with Crippen LogP contribution in [0.25, 0.3) is 11.1 Å². The van der Waals surface area contributed by atoms with E-state index in [1.807, 2.05) is 0 Å². The number of fused-ring (bicyclic) bond motifs is 3. The van der Waals surface area contributed by atoms with Gasteiger partial charge in [-0.1, -0.05) is 26.7 Å². The molecule has 0 radical (unpaired) electrons. The predicted octanol–water partition coefficient (Wildman–Crippen LogP) is 5.62. The fraction of sp³-hybridized carbons (Fsp3) is 0.273. The van der Waals surface area contributed by atoms with Crippen molar-refractivity contribution in [3.05, 3.63) is 75.7 Å². The van der Waals surface area contributed by atoms with E-state index in [4.69, 9.17) is 0 Å². The van der Waals surface area contributed by atoms with Gasteiger partial charge in [0.1, 0.15) is 0 Å². The summed E-state index contributed by atoms with van der Waals surface area (Å²) < 4.78 is 3.29. The van der Waals surface area contributed by atoms with E-state index >= 15 is 0 Å². The Morgan fingerprint density at radius 3 is 2.43 bits per heavy atom. The molecule has 4 rings (SSSR count). The van der Waals surface area contributed by atoms with E-state index in [2.05, 4.69) is 74.5 Å². The van der Waals surface area contributed by atoms with E-state index in [0.29, 0.717) is 0 Å². The minimum atomic E-state index is -0.135. The molecule has 2 aliphatic rings. The number of benzene rings is 2. The first-order valence-corrected chi connectivity index (χ1v) is 10.2. The summed E-state index contributed by atoms with van der Waals surface area (Å²) in [6, 6.07) is 15.7. The summed E-state index contributed by atoms with van der Waals surface area (Å²) in [6.45, 7) is 4.36. The van der Waals surface area contributed by atoms with E-state index < -0.39 is 0 Å². The molecule has 0 heterocycles. The van der Waals surface area contributed by atoms with Crippen LogP contribution < -0.4 is 3.87 Å². The van der Waals surface area contributed by atoms with Crippen LogP contribution >= 0.6 is 0 Å². The first-order chi connectivity index (χ1) is 11.3. The minimum Gasteiger partial charge on any atom is -0.0654 e. The molecule has 0 saturated heterocycles. The summed E-state index contributed by atoms with van der Waals surface area (Å²) in [5.41, 5.74) is 6.01. The topological polar surface area (TPSA) is 0 Å². The molecule has 0 saturated carbocycles. The quantitative estimate of drug-likeness (QED) is 0.545. The third-order valence-corrected chi connectivity index (χ3v) is 6.65. The van der Waals surface area contributed by atoms with Gasteiger partial charge in [-0.3, -0.25) is 0 Å². The monoisotopic (exact) mass is 336 g/mol. The second-order valence-corrected chi connectivity index (χ2v) is 8.35. The molecule has 2 aromatic carbocycles. The maximum Gasteiger partial charge on any atom is -0.0564 e. The van der Waals surface area contributed by atoms with Gasteiger partial charge in [-0.05, 0) is 0 Å². The van der Waals surface area contributed by atoms with Crippen LogP contribution in [0.15, 0.2) is 64.6 Å². The molecule has 0 fully saturated rings. The van der Waals surface area contributed by atoms with Gasteiger partial charge in [0.05, 0.1) is 0 Å². The van der Waals surface area contributed by atoms with Crippen LogP contribution in [-0.2, 0) is 25.6 Å². The second kappa shape index (κ2) is 7.95.